The number of ether oxygens (including phenoxy) is 1. The number of aryl methyl sites for hydroxylation is 3. The number of carbonyl (C=O) groups excluding carboxylic acids is 2. The van der Waals surface area contributed by atoms with Crippen LogP contribution >= 0.6 is 0 Å². The Bertz CT molecular complexity index is 1170. The number of fused-ring (bicyclic) bond motifs is 2. The van der Waals surface area contributed by atoms with Crippen molar-refractivity contribution in [1.82, 2.24) is 4.57 Å². The number of hydrogen-bond donors (Lipinski definition) is 1. The molecular weight excluding hydrogens is 396 g/mol. The fourth-order valence-corrected chi connectivity index (χ4v) is 3.84. The maximum Gasteiger partial charge on any atom is 0.326 e. The van der Waals surface area contributed by atoms with Gasteiger partial charge in [0.1, 0.15) is 12.3 Å². The van der Waals surface area contributed by atoms with Gasteiger partial charge in [-0.15, -0.1) is 0 Å². The van der Waals surface area contributed by atoms with E-state index in [1.165, 1.54) is 10.6 Å². The minimum absolute atomic E-state index is 0.166. The summed E-state index contributed by atoms with van der Waals surface area (Å²) in [6.07, 6.45) is 1.61. The van der Waals surface area contributed by atoms with Crippen LogP contribution in [-0.4, -0.2) is 28.2 Å². The quantitative estimate of drug-likeness (QED) is 0.658. The van der Waals surface area contributed by atoms with E-state index in [9.17, 15) is 19.5 Å². The second-order valence-corrected chi connectivity index (χ2v) is 7.43. The zero-order chi connectivity index (χ0) is 22.0. The molecule has 3 aromatic rings. The van der Waals surface area contributed by atoms with Gasteiger partial charge in [-0.3, -0.25) is 19.3 Å². The third kappa shape index (κ3) is 4.21. The summed E-state index contributed by atoms with van der Waals surface area (Å²) >= 11 is 0. The largest absolute Gasteiger partial charge is 0.508 e. The normalized spacial score (nSPS) is 12.5. The summed E-state index contributed by atoms with van der Waals surface area (Å²) < 4.78 is 6.40. The smallest absolute Gasteiger partial charge is 0.326 e. The molecule has 1 aromatic heterocycles. The van der Waals surface area contributed by atoms with Crippen molar-refractivity contribution in [1.29, 1.82) is 0 Å². The van der Waals surface area contributed by atoms with E-state index in [1.807, 2.05) is 48.5 Å². The molecule has 0 spiro atoms. The van der Waals surface area contributed by atoms with Crippen LogP contribution in [0.4, 0.5) is 11.4 Å². The van der Waals surface area contributed by atoms with Crippen molar-refractivity contribution in [2.24, 2.45) is 0 Å². The molecule has 1 aliphatic heterocycles. The Morgan fingerprint density at radius 3 is 2.13 bits per heavy atom. The SMILES string of the molecule is Cc1cc(O)cc(=O)n1CC(=O)OCC(=O)N1c2ccccc2CCc2ccccc21. The van der Waals surface area contributed by atoms with Gasteiger partial charge >= 0.3 is 5.97 Å². The molecule has 0 bridgehead atoms. The summed E-state index contributed by atoms with van der Waals surface area (Å²) in [5.74, 6) is -1.24. The van der Waals surface area contributed by atoms with Crippen LogP contribution in [-0.2, 0) is 33.7 Å². The Kier molecular flexibility index (Phi) is 5.58. The van der Waals surface area contributed by atoms with Gasteiger partial charge in [-0.2, -0.15) is 0 Å². The molecular formula is C24H22N2O5. The molecule has 1 aliphatic rings. The number of amides is 1. The van der Waals surface area contributed by atoms with Crippen LogP contribution in [0.25, 0.3) is 0 Å². The lowest BCUT2D eigenvalue weighted by molar-refractivity contribution is -0.148. The fourth-order valence-electron chi connectivity index (χ4n) is 3.84. The molecule has 0 saturated carbocycles. The second-order valence-electron chi connectivity index (χ2n) is 7.43. The topological polar surface area (TPSA) is 88.8 Å². The van der Waals surface area contributed by atoms with Crippen molar-refractivity contribution in [3.05, 3.63) is 87.8 Å². The first-order valence-corrected chi connectivity index (χ1v) is 9.99. The second kappa shape index (κ2) is 8.47. The number of anilines is 2. The van der Waals surface area contributed by atoms with Crippen LogP contribution in [0.5, 0.6) is 5.75 Å². The summed E-state index contributed by atoms with van der Waals surface area (Å²) in [5, 5.41) is 9.48. The Balaban J connectivity index is 1.54. The minimum atomic E-state index is -0.708. The summed E-state index contributed by atoms with van der Waals surface area (Å²) in [6, 6.07) is 17.8. The minimum Gasteiger partial charge on any atom is -0.508 e. The lowest BCUT2D eigenvalue weighted by Gasteiger charge is -2.24. The van der Waals surface area contributed by atoms with Gasteiger partial charge in [-0.05, 0) is 49.1 Å². The summed E-state index contributed by atoms with van der Waals surface area (Å²) in [6.45, 7) is 0.809. The average molecular weight is 418 g/mol. The van der Waals surface area contributed by atoms with Gasteiger partial charge in [0, 0.05) is 11.8 Å². The highest BCUT2D eigenvalue weighted by atomic mass is 16.5. The molecule has 4 rings (SSSR count). The number of aromatic hydroxyl groups is 1. The molecule has 0 unspecified atom stereocenters. The average Bonchev–Trinajstić information content (AvgIpc) is 2.91. The first kappa shape index (κ1) is 20.4. The van der Waals surface area contributed by atoms with E-state index in [-0.39, 0.29) is 18.2 Å². The highest BCUT2D eigenvalue weighted by molar-refractivity contribution is 6.03. The highest BCUT2D eigenvalue weighted by Crippen LogP contribution is 2.35. The molecule has 31 heavy (non-hydrogen) atoms. The molecule has 0 radical (unpaired) electrons. The number of pyridine rings is 1. The van der Waals surface area contributed by atoms with E-state index < -0.39 is 18.1 Å². The van der Waals surface area contributed by atoms with Crippen LogP contribution < -0.4 is 10.5 Å². The number of esters is 1. The molecule has 2 aromatic carbocycles. The van der Waals surface area contributed by atoms with Crippen LogP contribution in [0.3, 0.4) is 0 Å². The van der Waals surface area contributed by atoms with E-state index in [0.717, 1.165) is 41.4 Å². The van der Waals surface area contributed by atoms with Crippen molar-refractivity contribution in [3.63, 3.8) is 0 Å². The van der Waals surface area contributed by atoms with Crippen molar-refractivity contribution in [2.75, 3.05) is 11.5 Å². The van der Waals surface area contributed by atoms with Gasteiger partial charge in [-0.25, -0.2) is 0 Å². The molecule has 0 saturated heterocycles. The monoisotopic (exact) mass is 418 g/mol. The Hall–Kier alpha value is -3.87. The maximum atomic E-state index is 13.2. The lowest BCUT2D eigenvalue weighted by Crippen LogP contribution is -2.33. The number of benzene rings is 2. The van der Waals surface area contributed by atoms with Crippen molar-refractivity contribution in [3.8, 4) is 5.75 Å². The molecule has 7 heteroatoms. The Morgan fingerprint density at radius 2 is 1.55 bits per heavy atom. The standard InChI is InChI=1S/C24H22N2O5/c1-16-12-19(27)13-22(28)25(16)14-24(30)31-15-23(29)26-20-8-4-2-6-17(20)10-11-18-7-3-5-9-21(18)26/h2-9,12-13,27H,10-11,14-15H2,1H3. The fraction of sp³-hybridized carbons (Fsp3) is 0.208. The van der Waals surface area contributed by atoms with E-state index in [1.54, 1.807) is 11.8 Å². The predicted molar refractivity (Wildman–Crippen MR) is 116 cm³/mol. The van der Waals surface area contributed by atoms with Crippen molar-refractivity contribution < 1.29 is 19.4 Å². The lowest BCUT2D eigenvalue weighted by atomic mass is 10.0. The van der Waals surface area contributed by atoms with Gasteiger partial charge < -0.3 is 14.4 Å². The van der Waals surface area contributed by atoms with Crippen LogP contribution in [0.1, 0.15) is 16.8 Å². The number of hydrogen-bond acceptors (Lipinski definition) is 5. The molecule has 158 valence electrons. The third-order valence-electron chi connectivity index (χ3n) is 5.34. The van der Waals surface area contributed by atoms with Gasteiger partial charge in [0.2, 0.25) is 0 Å². The van der Waals surface area contributed by atoms with E-state index in [4.69, 9.17) is 4.74 Å². The first-order valence-electron chi connectivity index (χ1n) is 9.99. The molecule has 0 fully saturated rings. The summed E-state index contributed by atoms with van der Waals surface area (Å²) in [4.78, 5) is 39.1. The summed E-state index contributed by atoms with van der Waals surface area (Å²) in [7, 11) is 0. The van der Waals surface area contributed by atoms with Crippen LogP contribution in [0.15, 0.2) is 65.5 Å². The first-order chi connectivity index (χ1) is 14.9. The zero-order valence-electron chi connectivity index (χ0n) is 17.1. The molecule has 1 amide bonds. The Morgan fingerprint density at radius 1 is 0.968 bits per heavy atom. The van der Waals surface area contributed by atoms with Crippen LogP contribution in [0, 0.1) is 6.92 Å². The number of para-hydroxylation sites is 2. The Labute approximate surface area is 179 Å². The van der Waals surface area contributed by atoms with Crippen molar-refractivity contribution in [2.45, 2.75) is 26.3 Å². The van der Waals surface area contributed by atoms with E-state index in [2.05, 4.69) is 0 Å². The summed E-state index contributed by atoms with van der Waals surface area (Å²) in [5.41, 5.74) is 3.55. The number of rotatable bonds is 4. The molecule has 7 nitrogen and oxygen atoms in total. The van der Waals surface area contributed by atoms with E-state index in [0.29, 0.717) is 5.69 Å². The van der Waals surface area contributed by atoms with Gasteiger partial charge in [0.25, 0.3) is 11.5 Å². The maximum absolute atomic E-state index is 13.2. The van der Waals surface area contributed by atoms with Crippen molar-refractivity contribution >= 4 is 23.3 Å². The van der Waals surface area contributed by atoms with Crippen LogP contribution in [0.2, 0.25) is 0 Å². The molecule has 0 aliphatic carbocycles. The van der Waals surface area contributed by atoms with Gasteiger partial charge in [0.05, 0.1) is 11.4 Å². The molecule has 2 heterocycles. The third-order valence-corrected chi connectivity index (χ3v) is 5.34. The predicted octanol–water partition coefficient (Wildman–Crippen LogP) is 2.87. The number of nitrogens with zero attached hydrogens (tertiary/aromatic N) is 2. The highest BCUT2D eigenvalue weighted by Gasteiger charge is 2.26. The van der Waals surface area contributed by atoms with E-state index >= 15 is 0 Å². The number of carbonyl (C=O) groups is 2. The molecule has 0 atom stereocenters. The number of aromatic nitrogens is 1. The zero-order valence-corrected chi connectivity index (χ0v) is 17.1. The van der Waals surface area contributed by atoms with Gasteiger partial charge in [0.15, 0.2) is 6.61 Å². The molecule has 1 N–H and O–H groups in total. The van der Waals surface area contributed by atoms with Gasteiger partial charge in [-0.1, -0.05) is 36.4 Å².